The second-order valence-corrected chi connectivity index (χ2v) is 13.9. The number of benzene rings is 1. The number of amides is 1. The number of anilines is 3. The molecule has 6 rings (SSSR count). The predicted octanol–water partition coefficient (Wildman–Crippen LogP) is 4.50. The van der Waals surface area contributed by atoms with E-state index in [9.17, 15) is 26.4 Å². The quantitative estimate of drug-likeness (QED) is 0.437. The van der Waals surface area contributed by atoms with Gasteiger partial charge in [0.1, 0.15) is 10.4 Å². The van der Waals surface area contributed by atoms with Crippen molar-refractivity contribution in [3.8, 4) is 10.6 Å². The van der Waals surface area contributed by atoms with E-state index in [1.165, 1.54) is 11.9 Å². The van der Waals surface area contributed by atoms with Crippen molar-refractivity contribution in [2.75, 3.05) is 49.2 Å². The zero-order valence-electron chi connectivity index (χ0n) is 22.5. The van der Waals surface area contributed by atoms with E-state index in [-0.39, 0.29) is 32.9 Å². The molecule has 218 valence electrons. The summed E-state index contributed by atoms with van der Waals surface area (Å²) in [6, 6.07) is 7.52. The van der Waals surface area contributed by atoms with Crippen LogP contribution in [0.3, 0.4) is 0 Å². The van der Waals surface area contributed by atoms with Crippen LogP contribution in [-0.4, -0.2) is 74.2 Å². The van der Waals surface area contributed by atoms with Crippen molar-refractivity contribution in [3.05, 3.63) is 46.5 Å². The Morgan fingerprint density at radius 1 is 1.17 bits per heavy atom. The SMILES string of the molecule is CC1CN(c2ccc(Nc3ncc(C(F)(F)F)c(-c4cc5c(s4)C(=O)N(C)CCS5(=O)=O)n3)c(C3CC3)c2)CCN1. The summed E-state index contributed by atoms with van der Waals surface area (Å²) < 4.78 is 67.9. The zero-order valence-corrected chi connectivity index (χ0v) is 24.1. The first-order valence-electron chi connectivity index (χ1n) is 13.4. The third-order valence-electron chi connectivity index (χ3n) is 7.63. The Labute approximate surface area is 239 Å². The second-order valence-electron chi connectivity index (χ2n) is 10.8. The van der Waals surface area contributed by atoms with Gasteiger partial charge in [0.25, 0.3) is 5.91 Å². The summed E-state index contributed by atoms with van der Waals surface area (Å²) >= 11 is 0.698. The van der Waals surface area contributed by atoms with E-state index >= 15 is 0 Å². The third-order valence-corrected chi connectivity index (χ3v) is 10.6. The average molecular weight is 607 g/mol. The number of carbonyl (C=O) groups is 1. The minimum atomic E-state index is -4.80. The first kappa shape index (κ1) is 27.9. The van der Waals surface area contributed by atoms with Gasteiger partial charge in [-0.05, 0) is 55.5 Å². The number of hydrogen-bond donors (Lipinski definition) is 2. The molecule has 2 aromatic heterocycles. The van der Waals surface area contributed by atoms with E-state index in [1.54, 1.807) is 0 Å². The van der Waals surface area contributed by atoms with Crippen LogP contribution in [0.5, 0.6) is 0 Å². The lowest BCUT2D eigenvalue weighted by Gasteiger charge is -2.34. The average Bonchev–Trinajstić information content (AvgIpc) is 3.68. The Kier molecular flexibility index (Phi) is 6.97. The Balaban J connectivity index is 1.39. The van der Waals surface area contributed by atoms with Crippen molar-refractivity contribution in [2.24, 2.45) is 0 Å². The van der Waals surface area contributed by atoms with Gasteiger partial charge in [-0.25, -0.2) is 18.4 Å². The molecular formula is C27H29F3N6O3S2. The number of thiophene rings is 1. The summed E-state index contributed by atoms with van der Waals surface area (Å²) in [5, 5.41) is 6.55. The number of rotatable bonds is 5. The number of fused-ring (bicyclic) bond motifs is 1. The molecule has 3 aliphatic rings. The van der Waals surface area contributed by atoms with Gasteiger partial charge < -0.3 is 20.4 Å². The fraction of sp³-hybridized carbons (Fsp3) is 0.444. The van der Waals surface area contributed by atoms with Crippen LogP contribution in [0.15, 0.2) is 35.4 Å². The Bertz CT molecular complexity index is 1620. The zero-order chi connectivity index (χ0) is 29.1. The molecule has 4 heterocycles. The second kappa shape index (κ2) is 10.2. The third kappa shape index (κ3) is 5.52. The number of piperazine rings is 1. The largest absolute Gasteiger partial charge is 0.420 e. The number of aromatic nitrogens is 2. The van der Waals surface area contributed by atoms with Gasteiger partial charge in [-0.15, -0.1) is 11.3 Å². The number of halogens is 3. The lowest BCUT2D eigenvalue weighted by molar-refractivity contribution is -0.137. The fourth-order valence-electron chi connectivity index (χ4n) is 5.23. The van der Waals surface area contributed by atoms with Crippen LogP contribution in [-0.2, 0) is 16.0 Å². The molecule has 2 aliphatic heterocycles. The molecule has 1 aromatic carbocycles. The smallest absolute Gasteiger partial charge is 0.369 e. The van der Waals surface area contributed by atoms with Gasteiger partial charge in [0, 0.05) is 56.8 Å². The Morgan fingerprint density at radius 3 is 2.66 bits per heavy atom. The molecule has 9 nitrogen and oxygen atoms in total. The van der Waals surface area contributed by atoms with Gasteiger partial charge >= 0.3 is 6.18 Å². The summed E-state index contributed by atoms with van der Waals surface area (Å²) in [6.45, 7) is 4.78. The minimum Gasteiger partial charge on any atom is -0.369 e. The lowest BCUT2D eigenvalue weighted by atomic mass is 10.1. The van der Waals surface area contributed by atoms with Crippen molar-refractivity contribution in [3.63, 3.8) is 0 Å². The van der Waals surface area contributed by atoms with E-state index in [2.05, 4.69) is 38.5 Å². The van der Waals surface area contributed by atoms with Crippen LogP contribution in [0.2, 0.25) is 0 Å². The molecule has 2 fully saturated rings. The standard InChI is InChI=1S/C27H29F3N6O3S2/c1-15-14-36(8-7-31-15)17-5-6-20(18(11-17)16-3-4-16)33-26-32-13-19(27(28,29)30)23(34-26)21-12-22-24(40-21)25(37)35(2)9-10-41(22,38)39/h5-6,11-13,15-16,31H,3-4,7-10,14H2,1-2H3,(H,32,33,34). The van der Waals surface area contributed by atoms with Crippen molar-refractivity contribution in [2.45, 2.75) is 42.8 Å². The molecule has 0 spiro atoms. The number of carbonyl (C=O) groups excluding carboxylic acids is 1. The van der Waals surface area contributed by atoms with Gasteiger partial charge in [-0.1, -0.05) is 0 Å². The molecule has 14 heteroatoms. The molecule has 1 saturated carbocycles. The summed E-state index contributed by atoms with van der Waals surface area (Å²) in [5.41, 5.74) is 1.28. The molecule has 1 saturated heterocycles. The Hall–Kier alpha value is -3.23. The molecule has 1 atom stereocenters. The van der Waals surface area contributed by atoms with E-state index in [0.717, 1.165) is 49.8 Å². The molecule has 1 aliphatic carbocycles. The maximum absolute atomic E-state index is 14.1. The van der Waals surface area contributed by atoms with E-state index in [0.29, 0.717) is 35.2 Å². The highest BCUT2D eigenvalue weighted by Gasteiger charge is 2.38. The van der Waals surface area contributed by atoms with Gasteiger partial charge in [0.15, 0.2) is 9.84 Å². The van der Waals surface area contributed by atoms with Crippen LogP contribution < -0.4 is 15.5 Å². The molecule has 41 heavy (non-hydrogen) atoms. The van der Waals surface area contributed by atoms with Crippen LogP contribution in [0.1, 0.15) is 46.5 Å². The lowest BCUT2D eigenvalue weighted by Crippen LogP contribution is -2.49. The Morgan fingerprint density at radius 2 is 1.95 bits per heavy atom. The van der Waals surface area contributed by atoms with E-state index in [1.807, 2.05) is 12.1 Å². The van der Waals surface area contributed by atoms with Crippen LogP contribution >= 0.6 is 11.3 Å². The first-order valence-corrected chi connectivity index (χ1v) is 15.8. The minimum absolute atomic E-state index is 0.00304. The fourth-order valence-corrected chi connectivity index (χ4v) is 8.26. The molecule has 3 aromatic rings. The molecule has 1 unspecified atom stereocenters. The highest BCUT2D eigenvalue weighted by Crippen LogP contribution is 2.46. The molecular weight excluding hydrogens is 577 g/mol. The van der Waals surface area contributed by atoms with Gasteiger partial charge in [0.2, 0.25) is 5.95 Å². The maximum atomic E-state index is 14.1. The normalized spacial score (nSPS) is 21.0. The van der Waals surface area contributed by atoms with Crippen LogP contribution in [0.25, 0.3) is 10.6 Å². The van der Waals surface area contributed by atoms with E-state index in [4.69, 9.17) is 0 Å². The topological polar surface area (TPSA) is 108 Å². The molecule has 0 bridgehead atoms. The number of alkyl halides is 3. The number of nitrogens with one attached hydrogen (secondary N) is 2. The maximum Gasteiger partial charge on any atom is 0.420 e. The summed E-state index contributed by atoms with van der Waals surface area (Å²) in [5.74, 6) is -0.568. The van der Waals surface area contributed by atoms with Crippen LogP contribution in [0, 0.1) is 0 Å². The van der Waals surface area contributed by atoms with Gasteiger partial charge in [0.05, 0.1) is 21.2 Å². The van der Waals surface area contributed by atoms with Crippen molar-refractivity contribution >= 4 is 44.4 Å². The summed E-state index contributed by atoms with van der Waals surface area (Å²) in [6.07, 6.45) is -2.05. The summed E-state index contributed by atoms with van der Waals surface area (Å²) in [4.78, 5) is 24.2. The predicted molar refractivity (Wildman–Crippen MR) is 151 cm³/mol. The highest BCUT2D eigenvalue weighted by molar-refractivity contribution is 7.91. The van der Waals surface area contributed by atoms with Crippen molar-refractivity contribution in [1.29, 1.82) is 0 Å². The highest BCUT2D eigenvalue weighted by atomic mass is 32.2. The van der Waals surface area contributed by atoms with Crippen molar-refractivity contribution < 1.29 is 26.4 Å². The molecule has 0 radical (unpaired) electrons. The number of nitrogens with zero attached hydrogens (tertiary/aromatic N) is 4. The van der Waals surface area contributed by atoms with Gasteiger partial charge in [-0.2, -0.15) is 13.2 Å². The monoisotopic (exact) mass is 606 g/mol. The van der Waals surface area contributed by atoms with Crippen molar-refractivity contribution in [1.82, 2.24) is 20.2 Å². The summed E-state index contributed by atoms with van der Waals surface area (Å²) in [7, 11) is -2.40. The van der Waals surface area contributed by atoms with Crippen LogP contribution in [0.4, 0.5) is 30.5 Å². The van der Waals surface area contributed by atoms with E-state index < -0.39 is 33.2 Å². The van der Waals surface area contributed by atoms with Gasteiger partial charge in [-0.3, -0.25) is 4.79 Å². The number of hydrogen-bond acceptors (Lipinski definition) is 9. The first-order chi connectivity index (χ1) is 19.4. The number of sulfone groups is 1. The molecule has 2 N–H and O–H groups in total. The molecule has 1 amide bonds.